The maximum Gasteiger partial charge on any atom is 0.257 e. The molecular formula is C17H15BrN4O2S2. The van der Waals surface area contributed by atoms with Gasteiger partial charge in [0, 0.05) is 5.56 Å². The molecule has 0 fully saturated rings. The van der Waals surface area contributed by atoms with Gasteiger partial charge in [-0.3, -0.25) is 10.1 Å². The van der Waals surface area contributed by atoms with Crippen LogP contribution in [0, 0.1) is 6.92 Å². The van der Waals surface area contributed by atoms with Crippen molar-refractivity contribution < 1.29 is 9.53 Å². The van der Waals surface area contributed by atoms with Crippen LogP contribution in [0.4, 0.5) is 5.69 Å². The van der Waals surface area contributed by atoms with E-state index in [4.69, 9.17) is 17.0 Å². The van der Waals surface area contributed by atoms with Gasteiger partial charge in [-0.2, -0.15) is 8.75 Å². The number of hydrogen-bond acceptors (Lipinski definition) is 6. The summed E-state index contributed by atoms with van der Waals surface area (Å²) in [5, 5.41) is 5.93. The van der Waals surface area contributed by atoms with Gasteiger partial charge in [0.1, 0.15) is 16.8 Å². The number of thiocarbonyl (C=S) groups is 1. The molecule has 1 amide bonds. The first kappa shape index (κ1) is 18.7. The van der Waals surface area contributed by atoms with Crippen molar-refractivity contribution in [1.82, 2.24) is 14.1 Å². The van der Waals surface area contributed by atoms with E-state index >= 15 is 0 Å². The molecule has 2 aromatic carbocycles. The fourth-order valence-corrected chi connectivity index (χ4v) is 3.58. The van der Waals surface area contributed by atoms with Crippen LogP contribution in [0.25, 0.3) is 11.0 Å². The topological polar surface area (TPSA) is 76.1 Å². The summed E-state index contributed by atoms with van der Waals surface area (Å²) in [4.78, 5) is 12.4. The molecule has 2 N–H and O–H groups in total. The van der Waals surface area contributed by atoms with Crippen LogP contribution in [0.3, 0.4) is 0 Å². The number of anilines is 1. The van der Waals surface area contributed by atoms with Gasteiger partial charge >= 0.3 is 0 Å². The molecule has 0 aliphatic rings. The molecule has 3 rings (SSSR count). The average molecular weight is 451 g/mol. The number of fused-ring (bicyclic) bond motifs is 1. The largest absolute Gasteiger partial charge is 0.493 e. The average Bonchev–Trinajstić information content (AvgIpc) is 3.08. The molecule has 0 radical (unpaired) electrons. The minimum absolute atomic E-state index is 0.198. The molecule has 9 heteroatoms. The second-order valence-electron chi connectivity index (χ2n) is 5.38. The zero-order chi connectivity index (χ0) is 18.7. The van der Waals surface area contributed by atoms with Crippen LogP contribution in [0.1, 0.15) is 22.8 Å². The van der Waals surface area contributed by atoms with Crippen molar-refractivity contribution in [3.8, 4) is 5.75 Å². The van der Waals surface area contributed by atoms with Crippen molar-refractivity contribution in [3.05, 3.63) is 45.9 Å². The molecule has 1 heterocycles. The lowest BCUT2D eigenvalue weighted by atomic mass is 10.1. The number of aryl methyl sites for hydroxylation is 1. The lowest BCUT2D eigenvalue weighted by Crippen LogP contribution is -2.34. The molecule has 0 unspecified atom stereocenters. The molecular weight excluding hydrogens is 436 g/mol. The minimum atomic E-state index is -0.313. The molecule has 26 heavy (non-hydrogen) atoms. The second-order valence-corrected chi connectivity index (χ2v) is 7.17. The quantitative estimate of drug-likeness (QED) is 0.577. The normalized spacial score (nSPS) is 10.6. The van der Waals surface area contributed by atoms with Crippen molar-refractivity contribution in [1.29, 1.82) is 0 Å². The first-order valence-electron chi connectivity index (χ1n) is 7.76. The number of carbonyl (C=O) groups is 1. The molecule has 134 valence electrons. The summed E-state index contributed by atoms with van der Waals surface area (Å²) in [6, 6.07) is 8.95. The number of nitrogens with zero attached hydrogens (tertiary/aromatic N) is 2. The van der Waals surface area contributed by atoms with E-state index in [-0.39, 0.29) is 11.0 Å². The van der Waals surface area contributed by atoms with Gasteiger partial charge in [-0.15, -0.1) is 0 Å². The molecule has 1 aromatic heterocycles. The Labute approximate surface area is 168 Å². The Morgan fingerprint density at radius 1 is 1.31 bits per heavy atom. The van der Waals surface area contributed by atoms with Crippen molar-refractivity contribution >= 4 is 67.6 Å². The summed E-state index contributed by atoms with van der Waals surface area (Å²) in [6.45, 7) is 4.39. The van der Waals surface area contributed by atoms with Crippen LogP contribution in [-0.2, 0) is 0 Å². The summed E-state index contributed by atoms with van der Waals surface area (Å²) in [6.07, 6.45) is 0. The SMILES string of the molecule is CCOc1ccc(C(=O)NC(=S)Nc2c(C)ccc3nsnc23)cc1Br. The Bertz CT molecular complexity index is 990. The maximum absolute atomic E-state index is 12.4. The number of carbonyl (C=O) groups excluding carboxylic acids is 1. The number of ether oxygens (including phenoxy) is 1. The van der Waals surface area contributed by atoms with Gasteiger partial charge in [-0.25, -0.2) is 0 Å². The highest BCUT2D eigenvalue weighted by molar-refractivity contribution is 9.10. The van der Waals surface area contributed by atoms with Gasteiger partial charge in [-0.1, -0.05) is 6.07 Å². The molecule has 0 spiro atoms. The molecule has 6 nitrogen and oxygen atoms in total. The van der Waals surface area contributed by atoms with Gasteiger partial charge < -0.3 is 10.1 Å². The van der Waals surface area contributed by atoms with E-state index in [1.54, 1.807) is 18.2 Å². The third kappa shape index (κ3) is 4.00. The summed E-state index contributed by atoms with van der Waals surface area (Å²) in [5.41, 5.74) is 3.69. The van der Waals surface area contributed by atoms with E-state index < -0.39 is 0 Å². The zero-order valence-corrected chi connectivity index (χ0v) is 17.2. The first-order valence-corrected chi connectivity index (χ1v) is 9.69. The van der Waals surface area contributed by atoms with Crippen molar-refractivity contribution in [3.63, 3.8) is 0 Å². The van der Waals surface area contributed by atoms with Gasteiger partial charge in [-0.05, 0) is 71.8 Å². The highest BCUT2D eigenvalue weighted by atomic mass is 79.9. The van der Waals surface area contributed by atoms with E-state index in [0.717, 1.165) is 34.0 Å². The van der Waals surface area contributed by atoms with Crippen LogP contribution in [0.15, 0.2) is 34.8 Å². The van der Waals surface area contributed by atoms with Crippen molar-refractivity contribution in [2.75, 3.05) is 11.9 Å². The summed E-state index contributed by atoms with van der Waals surface area (Å²) >= 11 is 9.82. The number of hydrogen-bond donors (Lipinski definition) is 2. The number of benzene rings is 2. The summed E-state index contributed by atoms with van der Waals surface area (Å²) in [7, 11) is 0. The second kappa shape index (κ2) is 8.07. The Kier molecular flexibility index (Phi) is 5.80. The predicted octanol–water partition coefficient (Wildman–Crippen LogP) is 4.29. The van der Waals surface area contributed by atoms with E-state index in [9.17, 15) is 4.79 Å². The molecule has 0 aliphatic carbocycles. The monoisotopic (exact) mass is 450 g/mol. The van der Waals surface area contributed by atoms with Gasteiger partial charge in [0.2, 0.25) is 0 Å². The standard InChI is InChI=1S/C17H15BrN4O2S2/c1-3-24-13-7-5-10(8-11(13)18)16(23)20-17(25)19-14-9(2)4-6-12-15(14)22-26-21-12/h4-8H,3H2,1-2H3,(H2,19,20,23,25). The maximum atomic E-state index is 12.4. The first-order chi connectivity index (χ1) is 12.5. The fraction of sp³-hybridized carbons (Fsp3) is 0.176. The van der Waals surface area contributed by atoms with E-state index in [1.807, 2.05) is 26.0 Å². The highest BCUT2D eigenvalue weighted by Crippen LogP contribution is 2.27. The number of nitrogens with one attached hydrogen (secondary N) is 2. The van der Waals surface area contributed by atoms with Crippen LogP contribution < -0.4 is 15.4 Å². The van der Waals surface area contributed by atoms with E-state index in [2.05, 4.69) is 35.3 Å². The molecule has 0 bridgehead atoms. The molecule has 0 saturated carbocycles. The van der Waals surface area contributed by atoms with Crippen LogP contribution in [0.2, 0.25) is 0 Å². The Morgan fingerprint density at radius 2 is 2.12 bits per heavy atom. The lowest BCUT2D eigenvalue weighted by molar-refractivity contribution is 0.0977. The fourth-order valence-electron chi connectivity index (χ4n) is 2.34. The van der Waals surface area contributed by atoms with E-state index in [1.165, 1.54) is 0 Å². The molecule has 0 atom stereocenters. The van der Waals surface area contributed by atoms with Crippen LogP contribution >= 0.6 is 39.9 Å². The lowest BCUT2D eigenvalue weighted by Gasteiger charge is -2.13. The van der Waals surface area contributed by atoms with Gasteiger partial charge in [0.15, 0.2) is 5.11 Å². The highest BCUT2D eigenvalue weighted by Gasteiger charge is 2.14. The number of rotatable bonds is 4. The third-order valence-electron chi connectivity index (χ3n) is 3.60. The van der Waals surface area contributed by atoms with Crippen molar-refractivity contribution in [2.45, 2.75) is 13.8 Å². The van der Waals surface area contributed by atoms with Crippen LogP contribution in [0.5, 0.6) is 5.75 Å². The minimum Gasteiger partial charge on any atom is -0.493 e. The van der Waals surface area contributed by atoms with Crippen molar-refractivity contribution in [2.24, 2.45) is 0 Å². The zero-order valence-electron chi connectivity index (χ0n) is 14.0. The van der Waals surface area contributed by atoms with Crippen LogP contribution in [-0.4, -0.2) is 26.4 Å². The Hall–Kier alpha value is -2.10. The Balaban J connectivity index is 1.73. The molecule has 3 aromatic rings. The smallest absolute Gasteiger partial charge is 0.257 e. The van der Waals surface area contributed by atoms with E-state index in [0.29, 0.717) is 22.4 Å². The number of aromatic nitrogens is 2. The predicted molar refractivity (Wildman–Crippen MR) is 111 cm³/mol. The van der Waals surface area contributed by atoms with Gasteiger partial charge in [0.25, 0.3) is 5.91 Å². The number of amides is 1. The summed E-state index contributed by atoms with van der Waals surface area (Å²) in [5.74, 6) is 0.371. The van der Waals surface area contributed by atoms with Gasteiger partial charge in [0.05, 0.1) is 28.5 Å². The molecule has 0 aliphatic heterocycles. The summed E-state index contributed by atoms with van der Waals surface area (Å²) < 4.78 is 14.7. The molecule has 0 saturated heterocycles. The third-order valence-corrected chi connectivity index (χ3v) is 4.96. The Morgan fingerprint density at radius 3 is 2.85 bits per heavy atom. The number of halogens is 1.